The summed E-state index contributed by atoms with van der Waals surface area (Å²) < 4.78 is 19.3. The molecule has 1 heterocycles. The molecule has 0 saturated heterocycles. The zero-order valence-corrected chi connectivity index (χ0v) is 9.72. The Balaban J connectivity index is 2.58. The van der Waals surface area contributed by atoms with E-state index in [-0.39, 0.29) is 10.8 Å². The molecule has 1 rings (SSSR count). The van der Waals surface area contributed by atoms with Crippen LogP contribution < -0.4 is 4.72 Å². The van der Waals surface area contributed by atoms with Gasteiger partial charge in [0.25, 0.3) is 0 Å². The molecule has 0 aromatic carbocycles. The first-order valence-electron chi connectivity index (χ1n) is 4.47. The minimum Gasteiger partial charge on any atom is -0.451 e. The second kappa shape index (κ2) is 4.23. The largest absolute Gasteiger partial charge is 0.451 e. The van der Waals surface area contributed by atoms with Gasteiger partial charge in [-0.1, -0.05) is 0 Å². The number of oxazole rings is 1. The molecule has 0 radical (unpaired) electrons. The van der Waals surface area contributed by atoms with E-state index in [1.54, 1.807) is 6.26 Å². The lowest BCUT2D eigenvalue weighted by Crippen LogP contribution is -2.34. The quantitative estimate of drug-likeness (QED) is 0.838. The number of nitrogens with zero attached hydrogens (tertiary/aromatic N) is 1. The highest BCUT2D eigenvalue weighted by Crippen LogP contribution is 2.15. The number of hydrogen-bond acceptors (Lipinski definition) is 3. The summed E-state index contributed by atoms with van der Waals surface area (Å²) in [6.07, 6.45) is 2.92. The molecule has 0 unspecified atom stereocenters. The van der Waals surface area contributed by atoms with E-state index in [0.717, 1.165) is 5.69 Å². The fourth-order valence-electron chi connectivity index (χ4n) is 0.833. The Kier molecular flexibility index (Phi) is 3.44. The summed E-state index contributed by atoms with van der Waals surface area (Å²) in [4.78, 5) is 3.99. The van der Waals surface area contributed by atoms with Gasteiger partial charge >= 0.3 is 0 Å². The monoisotopic (exact) mass is 216 g/mol. The zero-order chi connectivity index (χ0) is 10.8. The van der Waals surface area contributed by atoms with Gasteiger partial charge in [-0.3, -0.25) is 0 Å². The van der Waals surface area contributed by atoms with Crippen molar-refractivity contribution < 1.29 is 8.63 Å². The van der Waals surface area contributed by atoms with Crippen LogP contribution >= 0.6 is 0 Å². The van der Waals surface area contributed by atoms with Crippen molar-refractivity contribution in [3.63, 3.8) is 0 Å². The molecule has 0 aliphatic carbocycles. The minimum atomic E-state index is -1.08. The molecule has 2 atom stereocenters. The maximum Gasteiger partial charge on any atom is 0.180 e. The molecule has 0 aliphatic rings. The molecule has 0 fully saturated rings. The molecule has 4 nitrogen and oxygen atoms in total. The molecular weight excluding hydrogens is 200 g/mol. The van der Waals surface area contributed by atoms with Crippen molar-refractivity contribution >= 4 is 11.0 Å². The van der Waals surface area contributed by atoms with Gasteiger partial charge in [0.1, 0.15) is 6.26 Å². The third-order valence-corrected chi connectivity index (χ3v) is 3.42. The van der Waals surface area contributed by atoms with Crippen LogP contribution in [0.25, 0.3) is 0 Å². The fourth-order valence-corrected chi connectivity index (χ4v) is 1.63. The first-order chi connectivity index (χ1) is 6.41. The van der Waals surface area contributed by atoms with Crippen LogP contribution in [0.5, 0.6) is 0 Å². The van der Waals surface area contributed by atoms with Gasteiger partial charge < -0.3 is 4.42 Å². The van der Waals surface area contributed by atoms with Crippen LogP contribution in [0.15, 0.2) is 17.1 Å². The molecule has 0 amide bonds. The summed E-state index contributed by atoms with van der Waals surface area (Å²) >= 11 is 0. The SMILES string of the molecule is C[C@@H](N[S@@](=O)C(C)(C)C)c1cocn1. The molecule has 1 N–H and O–H groups in total. The normalized spacial score (nSPS) is 16.6. The molecular formula is C9H16N2O2S. The van der Waals surface area contributed by atoms with E-state index in [2.05, 4.69) is 9.71 Å². The van der Waals surface area contributed by atoms with Gasteiger partial charge in [0, 0.05) is 0 Å². The highest BCUT2D eigenvalue weighted by Gasteiger charge is 2.22. The Morgan fingerprint density at radius 2 is 2.21 bits per heavy atom. The Bertz CT molecular complexity index is 303. The lowest BCUT2D eigenvalue weighted by Gasteiger charge is -2.20. The Morgan fingerprint density at radius 3 is 2.64 bits per heavy atom. The van der Waals surface area contributed by atoms with Gasteiger partial charge in [0.05, 0.1) is 27.5 Å². The van der Waals surface area contributed by atoms with E-state index >= 15 is 0 Å². The smallest absolute Gasteiger partial charge is 0.180 e. The molecule has 0 aliphatic heterocycles. The predicted molar refractivity (Wildman–Crippen MR) is 55.9 cm³/mol. The van der Waals surface area contributed by atoms with Crippen LogP contribution in [0.2, 0.25) is 0 Å². The lowest BCUT2D eigenvalue weighted by atomic mass is 10.3. The van der Waals surface area contributed by atoms with Gasteiger partial charge in [-0.25, -0.2) is 13.9 Å². The summed E-state index contributed by atoms with van der Waals surface area (Å²) in [5.74, 6) is 0. The van der Waals surface area contributed by atoms with Crippen LogP contribution in [0.1, 0.15) is 39.4 Å². The Hall–Kier alpha value is -0.680. The van der Waals surface area contributed by atoms with Gasteiger partial charge in [0.2, 0.25) is 0 Å². The Labute approximate surface area is 86.7 Å². The Morgan fingerprint density at radius 1 is 1.57 bits per heavy atom. The molecule has 0 saturated carbocycles. The summed E-state index contributed by atoms with van der Waals surface area (Å²) in [5.41, 5.74) is 0.766. The van der Waals surface area contributed by atoms with Gasteiger partial charge in [0.15, 0.2) is 6.39 Å². The third kappa shape index (κ3) is 2.92. The van der Waals surface area contributed by atoms with E-state index in [0.29, 0.717) is 0 Å². The second-order valence-corrected chi connectivity index (χ2v) is 6.13. The standard InChI is InChI=1S/C9H16N2O2S/c1-7(8-5-13-6-10-8)11-14(12)9(2,3)4/h5-7,11H,1-4H3/t7-,14+/m1/s1. The first kappa shape index (κ1) is 11.4. The molecule has 80 valence electrons. The molecule has 5 heteroatoms. The maximum absolute atomic E-state index is 11.7. The van der Waals surface area contributed by atoms with Crippen LogP contribution in [0.3, 0.4) is 0 Å². The van der Waals surface area contributed by atoms with Crippen LogP contribution in [0, 0.1) is 0 Å². The van der Waals surface area contributed by atoms with E-state index < -0.39 is 11.0 Å². The molecule has 0 bridgehead atoms. The summed E-state index contributed by atoms with van der Waals surface area (Å²) in [5, 5.41) is 0. The molecule has 1 aromatic heterocycles. The number of nitrogens with one attached hydrogen (secondary N) is 1. The van der Waals surface area contributed by atoms with Crippen LogP contribution in [-0.4, -0.2) is 13.9 Å². The fraction of sp³-hybridized carbons (Fsp3) is 0.667. The summed E-state index contributed by atoms with van der Waals surface area (Å²) in [7, 11) is -1.08. The zero-order valence-electron chi connectivity index (χ0n) is 8.90. The highest BCUT2D eigenvalue weighted by molar-refractivity contribution is 7.84. The van der Waals surface area contributed by atoms with Crippen molar-refractivity contribution in [2.24, 2.45) is 0 Å². The van der Waals surface area contributed by atoms with Crippen molar-refractivity contribution in [3.8, 4) is 0 Å². The first-order valence-corrected chi connectivity index (χ1v) is 5.62. The average Bonchev–Trinajstić information content (AvgIpc) is 2.53. The van der Waals surface area contributed by atoms with Crippen LogP contribution in [0.4, 0.5) is 0 Å². The van der Waals surface area contributed by atoms with E-state index in [4.69, 9.17) is 4.42 Å². The highest BCUT2D eigenvalue weighted by atomic mass is 32.2. The summed E-state index contributed by atoms with van der Waals surface area (Å²) in [6.45, 7) is 7.67. The van der Waals surface area contributed by atoms with E-state index in [9.17, 15) is 4.21 Å². The molecule has 0 spiro atoms. The lowest BCUT2D eigenvalue weighted by molar-refractivity contribution is 0.553. The third-order valence-electron chi connectivity index (χ3n) is 1.74. The molecule has 14 heavy (non-hydrogen) atoms. The van der Waals surface area contributed by atoms with Crippen molar-refractivity contribution in [3.05, 3.63) is 18.4 Å². The maximum atomic E-state index is 11.7. The van der Waals surface area contributed by atoms with Crippen LogP contribution in [-0.2, 0) is 11.0 Å². The van der Waals surface area contributed by atoms with Gasteiger partial charge in [-0.15, -0.1) is 0 Å². The average molecular weight is 216 g/mol. The van der Waals surface area contributed by atoms with Gasteiger partial charge in [-0.2, -0.15) is 0 Å². The number of aromatic nitrogens is 1. The van der Waals surface area contributed by atoms with Crippen molar-refractivity contribution in [1.29, 1.82) is 0 Å². The predicted octanol–water partition coefficient (Wildman–Crippen LogP) is 1.79. The number of hydrogen-bond donors (Lipinski definition) is 1. The summed E-state index contributed by atoms with van der Waals surface area (Å²) in [6, 6.07) is -0.0613. The second-order valence-electron chi connectivity index (χ2n) is 4.13. The topological polar surface area (TPSA) is 55.1 Å². The minimum absolute atomic E-state index is 0.0613. The number of rotatable bonds is 3. The molecule has 1 aromatic rings. The van der Waals surface area contributed by atoms with Gasteiger partial charge in [-0.05, 0) is 27.7 Å². The van der Waals surface area contributed by atoms with Crippen molar-refractivity contribution in [1.82, 2.24) is 9.71 Å². The van der Waals surface area contributed by atoms with Crippen molar-refractivity contribution in [2.75, 3.05) is 0 Å². The van der Waals surface area contributed by atoms with Crippen molar-refractivity contribution in [2.45, 2.75) is 38.5 Å². The van der Waals surface area contributed by atoms with E-state index in [1.165, 1.54) is 6.39 Å². The van der Waals surface area contributed by atoms with E-state index in [1.807, 2.05) is 27.7 Å².